The van der Waals surface area contributed by atoms with Crippen molar-refractivity contribution in [3.63, 3.8) is 0 Å². The van der Waals surface area contributed by atoms with Crippen LogP contribution < -0.4 is 5.32 Å². The Hall–Kier alpha value is -2.73. The van der Waals surface area contributed by atoms with E-state index in [1.165, 1.54) is 35.0 Å². The van der Waals surface area contributed by atoms with Crippen LogP contribution in [0.15, 0.2) is 30.7 Å². The molecule has 1 saturated heterocycles. The molecule has 0 saturated carbocycles. The average Bonchev–Trinajstić information content (AvgIpc) is 3.29. The van der Waals surface area contributed by atoms with Crippen molar-refractivity contribution in [3.05, 3.63) is 47.5 Å². The number of benzene rings is 1. The van der Waals surface area contributed by atoms with Crippen LogP contribution in [0.3, 0.4) is 0 Å². The van der Waals surface area contributed by atoms with Gasteiger partial charge in [0, 0.05) is 28.8 Å². The summed E-state index contributed by atoms with van der Waals surface area (Å²) in [6, 6.07) is 6.62. The molecular formula is C20H22N6. The predicted octanol–water partition coefficient (Wildman–Crippen LogP) is 3.36. The second kappa shape index (κ2) is 5.92. The van der Waals surface area contributed by atoms with Crippen LogP contribution in [0, 0.1) is 13.8 Å². The molecule has 6 heteroatoms. The Morgan fingerprint density at radius 1 is 1.04 bits per heavy atom. The minimum Gasteiger partial charge on any atom is -0.317 e. The summed E-state index contributed by atoms with van der Waals surface area (Å²) in [5.41, 5.74) is 7.94. The van der Waals surface area contributed by atoms with Crippen LogP contribution >= 0.6 is 0 Å². The van der Waals surface area contributed by atoms with E-state index in [1.54, 1.807) is 6.33 Å². The molecule has 2 N–H and O–H groups in total. The number of aromatic amines is 1. The fourth-order valence-corrected chi connectivity index (χ4v) is 4.21. The maximum absolute atomic E-state index is 4.64. The highest BCUT2D eigenvalue weighted by Gasteiger charge is 2.21. The van der Waals surface area contributed by atoms with Crippen LogP contribution in [0.4, 0.5) is 0 Å². The fourth-order valence-electron chi connectivity index (χ4n) is 4.21. The molecule has 132 valence electrons. The summed E-state index contributed by atoms with van der Waals surface area (Å²) in [6.45, 7) is 6.43. The van der Waals surface area contributed by atoms with Crippen LogP contribution in [0.25, 0.3) is 27.7 Å². The largest absolute Gasteiger partial charge is 0.317 e. The molecule has 0 amide bonds. The van der Waals surface area contributed by atoms with Crippen molar-refractivity contribution < 1.29 is 0 Å². The molecule has 0 unspecified atom stereocenters. The first-order chi connectivity index (χ1) is 12.7. The number of aryl methyl sites for hydroxylation is 2. The molecule has 3 aromatic heterocycles. The zero-order valence-electron chi connectivity index (χ0n) is 15.1. The van der Waals surface area contributed by atoms with E-state index in [2.05, 4.69) is 57.6 Å². The minimum absolute atomic E-state index is 0.569. The zero-order valence-corrected chi connectivity index (χ0v) is 15.1. The summed E-state index contributed by atoms with van der Waals surface area (Å²) in [5.74, 6) is 0.569. The molecule has 0 bridgehead atoms. The number of pyridine rings is 1. The van der Waals surface area contributed by atoms with Gasteiger partial charge in [0.25, 0.3) is 0 Å². The predicted molar refractivity (Wildman–Crippen MR) is 102 cm³/mol. The van der Waals surface area contributed by atoms with Crippen LogP contribution in [0.2, 0.25) is 0 Å². The standard InChI is InChI=1S/C20H22N6/c1-12-7-15(16-8-13(2)20-22-11-23-26(20)10-16)9-17-18(12)19(25-24-17)14-3-5-21-6-4-14/h7-11,14,21H,3-6H2,1-2H3,(H,24,25). The van der Waals surface area contributed by atoms with E-state index in [1.807, 2.05) is 10.7 Å². The highest BCUT2D eigenvalue weighted by atomic mass is 15.3. The third-order valence-electron chi connectivity index (χ3n) is 5.52. The number of nitrogens with zero attached hydrogens (tertiary/aromatic N) is 4. The molecule has 0 radical (unpaired) electrons. The van der Waals surface area contributed by atoms with Gasteiger partial charge in [-0.25, -0.2) is 9.50 Å². The monoisotopic (exact) mass is 346 g/mol. The molecule has 1 aromatic carbocycles. The van der Waals surface area contributed by atoms with Crippen molar-refractivity contribution >= 4 is 16.6 Å². The lowest BCUT2D eigenvalue weighted by Crippen LogP contribution is -2.26. The maximum atomic E-state index is 4.64. The molecule has 0 atom stereocenters. The average molecular weight is 346 g/mol. The lowest BCUT2D eigenvalue weighted by atomic mass is 9.90. The Labute approximate surface area is 151 Å². The highest BCUT2D eigenvalue weighted by molar-refractivity contribution is 5.90. The maximum Gasteiger partial charge on any atom is 0.158 e. The quantitative estimate of drug-likeness (QED) is 0.584. The molecule has 1 aliphatic rings. The summed E-state index contributed by atoms with van der Waals surface area (Å²) in [6.07, 6.45) is 5.97. The fraction of sp³-hybridized carbons (Fsp3) is 0.350. The van der Waals surface area contributed by atoms with E-state index in [4.69, 9.17) is 0 Å². The second-order valence-electron chi connectivity index (χ2n) is 7.29. The molecule has 1 aliphatic heterocycles. The van der Waals surface area contributed by atoms with Gasteiger partial charge in [-0.2, -0.15) is 10.2 Å². The van der Waals surface area contributed by atoms with Crippen LogP contribution in [-0.4, -0.2) is 37.9 Å². The normalized spacial score (nSPS) is 15.9. The van der Waals surface area contributed by atoms with Gasteiger partial charge < -0.3 is 5.32 Å². The minimum atomic E-state index is 0.569. The Bertz CT molecular complexity index is 1100. The van der Waals surface area contributed by atoms with Crippen LogP contribution in [0.1, 0.15) is 35.6 Å². The second-order valence-corrected chi connectivity index (χ2v) is 7.29. The van der Waals surface area contributed by atoms with E-state index >= 15 is 0 Å². The Morgan fingerprint density at radius 3 is 2.69 bits per heavy atom. The zero-order chi connectivity index (χ0) is 17.7. The lowest BCUT2D eigenvalue weighted by Gasteiger charge is -2.22. The van der Waals surface area contributed by atoms with Crippen molar-refractivity contribution in [3.8, 4) is 11.1 Å². The van der Waals surface area contributed by atoms with E-state index in [0.717, 1.165) is 35.4 Å². The summed E-state index contributed by atoms with van der Waals surface area (Å²) < 4.78 is 1.84. The molecule has 1 fully saturated rings. The Balaban J connectivity index is 1.63. The molecule has 4 heterocycles. The summed E-state index contributed by atoms with van der Waals surface area (Å²) in [4.78, 5) is 4.30. The first kappa shape index (κ1) is 15.5. The van der Waals surface area contributed by atoms with Crippen molar-refractivity contribution in [2.24, 2.45) is 0 Å². The van der Waals surface area contributed by atoms with Crippen molar-refractivity contribution in [1.82, 2.24) is 30.1 Å². The van der Waals surface area contributed by atoms with Gasteiger partial charge in [0.1, 0.15) is 6.33 Å². The molecule has 6 nitrogen and oxygen atoms in total. The number of piperidine rings is 1. The van der Waals surface area contributed by atoms with Crippen LogP contribution in [0.5, 0.6) is 0 Å². The number of hydrogen-bond acceptors (Lipinski definition) is 4. The van der Waals surface area contributed by atoms with Gasteiger partial charge in [0.05, 0.1) is 5.52 Å². The summed E-state index contributed by atoms with van der Waals surface area (Å²) in [7, 11) is 0. The van der Waals surface area contributed by atoms with Gasteiger partial charge in [-0.05, 0) is 68.6 Å². The molecule has 0 spiro atoms. The topological polar surface area (TPSA) is 70.9 Å². The van der Waals surface area contributed by atoms with Gasteiger partial charge in [-0.1, -0.05) is 6.07 Å². The lowest BCUT2D eigenvalue weighted by molar-refractivity contribution is 0.454. The SMILES string of the molecule is Cc1cc(-c2cc(C)c3ncnn3c2)cc2n[nH]c(C3CCNCC3)c12. The third-order valence-corrected chi connectivity index (χ3v) is 5.52. The van der Waals surface area contributed by atoms with Crippen molar-refractivity contribution in [1.29, 1.82) is 0 Å². The van der Waals surface area contributed by atoms with Gasteiger partial charge in [-0.15, -0.1) is 0 Å². The van der Waals surface area contributed by atoms with E-state index in [9.17, 15) is 0 Å². The first-order valence-electron chi connectivity index (χ1n) is 9.20. The molecule has 0 aliphatic carbocycles. The highest BCUT2D eigenvalue weighted by Crippen LogP contribution is 2.34. The third kappa shape index (κ3) is 2.41. The van der Waals surface area contributed by atoms with Gasteiger partial charge >= 0.3 is 0 Å². The number of aromatic nitrogens is 5. The Kier molecular flexibility index (Phi) is 3.53. The summed E-state index contributed by atoms with van der Waals surface area (Å²) in [5, 5.41) is 17.0. The first-order valence-corrected chi connectivity index (χ1v) is 9.20. The van der Waals surface area contributed by atoms with E-state index in [-0.39, 0.29) is 0 Å². The number of hydrogen-bond donors (Lipinski definition) is 2. The molecule has 5 rings (SSSR count). The number of fused-ring (bicyclic) bond motifs is 2. The van der Waals surface area contributed by atoms with Gasteiger partial charge in [0.2, 0.25) is 0 Å². The van der Waals surface area contributed by atoms with Crippen molar-refractivity contribution in [2.45, 2.75) is 32.6 Å². The number of rotatable bonds is 2. The molecule has 4 aromatic rings. The van der Waals surface area contributed by atoms with Crippen molar-refractivity contribution in [2.75, 3.05) is 13.1 Å². The van der Waals surface area contributed by atoms with E-state index < -0.39 is 0 Å². The smallest absolute Gasteiger partial charge is 0.158 e. The number of H-pyrrole nitrogens is 1. The molecular weight excluding hydrogens is 324 g/mol. The van der Waals surface area contributed by atoms with Gasteiger partial charge in [0.15, 0.2) is 5.65 Å². The van der Waals surface area contributed by atoms with E-state index in [0.29, 0.717) is 5.92 Å². The molecule has 26 heavy (non-hydrogen) atoms. The number of nitrogens with one attached hydrogen (secondary N) is 2. The summed E-state index contributed by atoms with van der Waals surface area (Å²) >= 11 is 0. The van der Waals surface area contributed by atoms with Crippen LogP contribution in [-0.2, 0) is 0 Å². The van der Waals surface area contributed by atoms with Gasteiger partial charge in [-0.3, -0.25) is 5.10 Å². The Morgan fingerprint density at radius 2 is 1.85 bits per heavy atom.